The predicted molar refractivity (Wildman–Crippen MR) is 149 cm³/mol. The van der Waals surface area contributed by atoms with Crippen LogP contribution in [0.15, 0.2) is 42.5 Å². The van der Waals surface area contributed by atoms with Gasteiger partial charge in [-0.2, -0.15) is 0 Å². The number of ether oxygens (including phenoxy) is 4. The van der Waals surface area contributed by atoms with Crippen molar-refractivity contribution in [3.63, 3.8) is 0 Å². The van der Waals surface area contributed by atoms with E-state index in [4.69, 9.17) is 30.5 Å². The Bertz CT molecular complexity index is 1420. The summed E-state index contributed by atoms with van der Waals surface area (Å²) in [5, 5.41) is 9.86. The van der Waals surface area contributed by atoms with E-state index in [0.717, 1.165) is 59.6 Å². The van der Waals surface area contributed by atoms with Crippen LogP contribution in [0.2, 0.25) is 5.02 Å². The zero-order valence-electron chi connectivity index (χ0n) is 22.5. The fraction of sp³-hybridized carbons (Fsp3) is 0.406. The summed E-state index contributed by atoms with van der Waals surface area (Å²) in [7, 11) is 0. The second kappa shape index (κ2) is 10.1. The molecule has 3 aromatic carbocycles. The van der Waals surface area contributed by atoms with Crippen molar-refractivity contribution in [2.75, 3.05) is 26.4 Å². The van der Waals surface area contributed by atoms with E-state index in [2.05, 4.69) is 39.0 Å². The monoisotopic (exact) mass is 548 g/mol. The van der Waals surface area contributed by atoms with Crippen LogP contribution < -0.4 is 14.2 Å². The van der Waals surface area contributed by atoms with Crippen LogP contribution in [0, 0.1) is 19.3 Å². The molecule has 0 unspecified atom stereocenters. The van der Waals surface area contributed by atoms with Gasteiger partial charge in [0.25, 0.3) is 0 Å². The maximum Gasteiger partial charge on any atom is 0.304 e. The highest BCUT2D eigenvalue weighted by molar-refractivity contribution is 6.31. The van der Waals surface area contributed by atoms with Gasteiger partial charge in [-0.05, 0) is 90.4 Å². The molecule has 6 nitrogen and oxygen atoms in total. The number of fused-ring (bicyclic) bond motifs is 2. The molecule has 0 amide bonds. The highest BCUT2D eigenvalue weighted by atomic mass is 35.5. The third-order valence-corrected chi connectivity index (χ3v) is 8.30. The van der Waals surface area contributed by atoms with Crippen LogP contribution in [0.3, 0.4) is 0 Å². The van der Waals surface area contributed by atoms with Crippen molar-refractivity contribution in [2.45, 2.75) is 52.1 Å². The number of aryl methyl sites for hydroxylation is 2. The van der Waals surface area contributed by atoms with Gasteiger partial charge in [-0.15, -0.1) is 0 Å². The Morgan fingerprint density at radius 2 is 1.85 bits per heavy atom. The van der Waals surface area contributed by atoms with Gasteiger partial charge in [-0.3, -0.25) is 4.79 Å². The van der Waals surface area contributed by atoms with E-state index in [1.54, 1.807) is 0 Å². The zero-order valence-corrected chi connectivity index (χ0v) is 23.3. The summed E-state index contributed by atoms with van der Waals surface area (Å²) < 4.78 is 23.8. The van der Waals surface area contributed by atoms with Crippen molar-refractivity contribution in [1.82, 2.24) is 0 Å². The lowest BCUT2D eigenvalue weighted by molar-refractivity contribution is -0.137. The summed E-state index contributed by atoms with van der Waals surface area (Å²) in [4.78, 5) is 11.2. The fourth-order valence-electron chi connectivity index (χ4n) is 6.10. The molecular weight excluding hydrogens is 516 g/mol. The minimum Gasteiger partial charge on any atom is -0.493 e. The molecule has 2 heterocycles. The highest BCUT2D eigenvalue weighted by Crippen LogP contribution is 2.45. The second-order valence-electron chi connectivity index (χ2n) is 11.5. The summed E-state index contributed by atoms with van der Waals surface area (Å²) in [6.07, 6.45) is 1.68. The first-order chi connectivity index (χ1) is 18.7. The van der Waals surface area contributed by atoms with Crippen LogP contribution in [-0.4, -0.2) is 37.5 Å². The molecule has 3 aliphatic rings. The lowest BCUT2D eigenvalue weighted by Crippen LogP contribution is -2.44. The Balaban J connectivity index is 1.25. The number of halogens is 1. The van der Waals surface area contributed by atoms with E-state index in [0.29, 0.717) is 29.7 Å². The first-order valence-corrected chi connectivity index (χ1v) is 13.9. The van der Waals surface area contributed by atoms with E-state index in [9.17, 15) is 9.90 Å². The van der Waals surface area contributed by atoms with Crippen molar-refractivity contribution in [1.29, 1.82) is 0 Å². The Morgan fingerprint density at radius 1 is 1.08 bits per heavy atom. The number of carbonyl (C=O) groups is 1. The average molecular weight is 549 g/mol. The first-order valence-electron chi connectivity index (χ1n) is 13.5. The quantitative estimate of drug-likeness (QED) is 0.325. The van der Waals surface area contributed by atoms with Crippen LogP contribution in [0.1, 0.15) is 59.6 Å². The molecule has 0 saturated carbocycles. The molecule has 1 aliphatic carbocycles. The number of hydrogen-bond donors (Lipinski definition) is 1. The van der Waals surface area contributed by atoms with Crippen molar-refractivity contribution in [2.24, 2.45) is 5.41 Å². The third kappa shape index (κ3) is 5.08. The van der Waals surface area contributed by atoms with Gasteiger partial charge in [-0.25, -0.2) is 0 Å². The van der Waals surface area contributed by atoms with E-state index in [1.165, 1.54) is 11.1 Å². The molecule has 2 atom stereocenters. The molecule has 1 fully saturated rings. The molecule has 0 aromatic heterocycles. The van der Waals surface area contributed by atoms with Crippen LogP contribution in [0.25, 0.3) is 11.1 Å². The summed E-state index contributed by atoms with van der Waals surface area (Å²) in [5.74, 6) is 1.35. The SMILES string of the molecule is Cc1cc(OCC2(C)COC2)cc(C)c1-c1cc(Cl)cc2c1CC[C@H]2Oc1ccc2c(c1)OC[C@H]2CC(=O)O. The molecule has 7 heteroatoms. The summed E-state index contributed by atoms with van der Waals surface area (Å²) >= 11 is 6.68. The lowest BCUT2D eigenvalue weighted by Gasteiger charge is -2.37. The van der Waals surface area contributed by atoms with Gasteiger partial charge < -0.3 is 24.1 Å². The number of rotatable bonds is 8. The van der Waals surface area contributed by atoms with E-state index in [1.807, 2.05) is 24.3 Å². The fourth-order valence-corrected chi connectivity index (χ4v) is 6.32. The molecule has 39 heavy (non-hydrogen) atoms. The second-order valence-corrected chi connectivity index (χ2v) is 11.9. The largest absolute Gasteiger partial charge is 0.493 e. The molecule has 1 saturated heterocycles. The number of carboxylic acid groups (broad SMARTS) is 1. The minimum atomic E-state index is -0.822. The highest BCUT2D eigenvalue weighted by Gasteiger charge is 2.34. The predicted octanol–water partition coefficient (Wildman–Crippen LogP) is 7.06. The molecule has 2 aliphatic heterocycles. The molecule has 204 valence electrons. The number of hydrogen-bond acceptors (Lipinski definition) is 5. The first kappa shape index (κ1) is 26.0. The van der Waals surface area contributed by atoms with Gasteiger partial charge in [0.2, 0.25) is 0 Å². The summed E-state index contributed by atoms with van der Waals surface area (Å²) in [6.45, 7) is 8.94. The topological polar surface area (TPSA) is 74.2 Å². The molecule has 0 bridgehead atoms. The lowest BCUT2D eigenvalue weighted by atomic mass is 9.89. The van der Waals surface area contributed by atoms with Gasteiger partial charge in [-0.1, -0.05) is 24.6 Å². The Hall–Kier alpha value is -3.22. The minimum absolute atomic E-state index is 0.0603. The molecule has 0 spiro atoms. The van der Waals surface area contributed by atoms with Gasteiger partial charge in [0.05, 0.1) is 32.8 Å². The smallest absolute Gasteiger partial charge is 0.304 e. The van der Waals surface area contributed by atoms with E-state index in [-0.39, 0.29) is 23.9 Å². The maximum atomic E-state index is 11.2. The van der Waals surface area contributed by atoms with Crippen molar-refractivity contribution in [3.05, 3.63) is 75.3 Å². The van der Waals surface area contributed by atoms with E-state index >= 15 is 0 Å². The number of carboxylic acids is 1. The van der Waals surface area contributed by atoms with Crippen LogP contribution in [0.5, 0.6) is 17.2 Å². The molecule has 1 N–H and O–H groups in total. The van der Waals surface area contributed by atoms with Crippen molar-refractivity contribution in [3.8, 4) is 28.4 Å². The van der Waals surface area contributed by atoms with Crippen LogP contribution in [0.4, 0.5) is 0 Å². The Labute approximate surface area is 233 Å². The zero-order chi connectivity index (χ0) is 27.3. The molecular formula is C32H33ClO6. The Morgan fingerprint density at radius 3 is 2.54 bits per heavy atom. The summed E-state index contributed by atoms with van der Waals surface area (Å²) in [5.41, 5.74) is 8.04. The van der Waals surface area contributed by atoms with E-state index < -0.39 is 5.97 Å². The van der Waals surface area contributed by atoms with Gasteiger partial charge in [0.1, 0.15) is 23.4 Å². The molecule has 3 aromatic rings. The summed E-state index contributed by atoms with van der Waals surface area (Å²) in [6, 6.07) is 14.0. The third-order valence-electron chi connectivity index (χ3n) is 8.08. The average Bonchev–Trinajstić information content (AvgIpc) is 3.44. The van der Waals surface area contributed by atoms with Gasteiger partial charge in [0.15, 0.2) is 0 Å². The number of benzene rings is 3. The normalized spacial score (nSPS) is 20.5. The standard InChI is InChI=1S/C32H33ClO6/c1-18-8-23(38-17-32(3)15-36-16-32)9-19(2)31(18)27-12-21(33)11-26-25(27)6-7-28(26)39-22-4-5-24-20(10-30(34)35)14-37-29(24)13-22/h4-5,8-9,11-13,20,28H,6-7,10,14-17H2,1-3H3,(H,34,35)/t20-,28-/m1/s1. The molecule has 0 radical (unpaired) electrons. The van der Waals surface area contributed by atoms with Crippen LogP contribution in [-0.2, 0) is 16.0 Å². The van der Waals surface area contributed by atoms with Gasteiger partial charge in [0, 0.05) is 28.0 Å². The Kier molecular flexibility index (Phi) is 6.72. The van der Waals surface area contributed by atoms with Crippen molar-refractivity contribution >= 4 is 17.6 Å². The maximum absolute atomic E-state index is 11.2. The van der Waals surface area contributed by atoms with Crippen LogP contribution >= 0.6 is 11.6 Å². The van der Waals surface area contributed by atoms with Gasteiger partial charge >= 0.3 is 5.97 Å². The molecule has 6 rings (SSSR count). The number of aliphatic carboxylic acids is 1. The van der Waals surface area contributed by atoms with Crippen molar-refractivity contribution < 1.29 is 28.8 Å².